The fourth-order valence-electron chi connectivity index (χ4n) is 4.85. The van der Waals surface area contributed by atoms with Gasteiger partial charge in [0.1, 0.15) is 5.82 Å². The fourth-order valence-corrected chi connectivity index (χ4v) is 4.85. The van der Waals surface area contributed by atoms with Gasteiger partial charge in [0.2, 0.25) is 5.95 Å². The molecule has 1 saturated carbocycles. The first-order valence-electron chi connectivity index (χ1n) is 11.3. The quantitative estimate of drug-likeness (QED) is 0.697. The standard InChI is InChI=1S/C22H35N7/c1-3-19-17(2)26-21(25-15-22(7-8-22)16-28-11-4-5-12-28)27-20(19)29-13-10-24-18(14-29)6-9-23/h18,24H,3-8,10-16H2,1-2H3,(H,25,26,27)/t18-/m0/s1. The average Bonchev–Trinajstić information content (AvgIpc) is 3.29. The highest BCUT2D eigenvalue weighted by atomic mass is 15.3. The summed E-state index contributed by atoms with van der Waals surface area (Å²) in [5.74, 6) is 1.81. The van der Waals surface area contributed by atoms with Crippen LogP contribution in [0.3, 0.4) is 0 Å². The molecule has 0 bridgehead atoms. The van der Waals surface area contributed by atoms with Gasteiger partial charge in [-0.25, -0.2) is 4.98 Å². The van der Waals surface area contributed by atoms with E-state index in [1.54, 1.807) is 0 Å². The third-order valence-corrected chi connectivity index (χ3v) is 6.77. The lowest BCUT2D eigenvalue weighted by atomic mass is 10.1. The first kappa shape index (κ1) is 20.4. The first-order chi connectivity index (χ1) is 14.1. The van der Waals surface area contributed by atoms with Crippen LogP contribution in [0.15, 0.2) is 0 Å². The Morgan fingerprint density at radius 1 is 1.24 bits per heavy atom. The minimum atomic E-state index is 0.209. The fraction of sp³-hybridized carbons (Fsp3) is 0.773. The molecule has 0 amide bonds. The van der Waals surface area contributed by atoms with Gasteiger partial charge < -0.3 is 20.4 Å². The van der Waals surface area contributed by atoms with Crippen LogP contribution in [0, 0.1) is 23.7 Å². The second-order valence-electron chi connectivity index (χ2n) is 9.08. The number of aromatic nitrogens is 2. The summed E-state index contributed by atoms with van der Waals surface area (Å²) < 4.78 is 0. The molecular formula is C22H35N7. The van der Waals surface area contributed by atoms with Crippen molar-refractivity contribution >= 4 is 11.8 Å². The van der Waals surface area contributed by atoms with Crippen molar-refractivity contribution in [3.63, 3.8) is 0 Å². The number of nitrogens with zero attached hydrogens (tertiary/aromatic N) is 5. The molecule has 7 nitrogen and oxygen atoms in total. The summed E-state index contributed by atoms with van der Waals surface area (Å²) in [5.41, 5.74) is 2.71. The number of hydrogen-bond acceptors (Lipinski definition) is 7. The number of hydrogen-bond donors (Lipinski definition) is 2. The third kappa shape index (κ3) is 4.81. The van der Waals surface area contributed by atoms with E-state index in [2.05, 4.69) is 40.4 Å². The van der Waals surface area contributed by atoms with Gasteiger partial charge in [0.15, 0.2) is 0 Å². The third-order valence-electron chi connectivity index (χ3n) is 6.77. The van der Waals surface area contributed by atoms with Crippen molar-refractivity contribution in [3.05, 3.63) is 11.3 Å². The van der Waals surface area contributed by atoms with Crippen LogP contribution in [0.1, 0.15) is 50.3 Å². The SMILES string of the molecule is CCc1c(C)nc(NCC2(CN3CCCC3)CC2)nc1N1CCN[C@@H](CC#N)C1. The van der Waals surface area contributed by atoms with Crippen molar-refractivity contribution in [3.8, 4) is 6.07 Å². The summed E-state index contributed by atoms with van der Waals surface area (Å²) in [6.07, 6.45) is 6.78. The summed E-state index contributed by atoms with van der Waals surface area (Å²) in [7, 11) is 0. The maximum Gasteiger partial charge on any atom is 0.224 e. The predicted molar refractivity (Wildman–Crippen MR) is 116 cm³/mol. The Kier molecular flexibility index (Phi) is 6.21. The second-order valence-corrected chi connectivity index (χ2v) is 9.08. The van der Waals surface area contributed by atoms with E-state index in [4.69, 9.17) is 15.2 Å². The lowest BCUT2D eigenvalue weighted by molar-refractivity contribution is 0.271. The number of rotatable bonds is 8. The van der Waals surface area contributed by atoms with Crippen LogP contribution < -0.4 is 15.5 Å². The topological polar surface area (TPSA) is 80.1 Å². The number of nitriles is 1. The van der Waals surface area contributed by atoms with Crippen LogP contribution in [0.4, 0.5) is 11.8 Å². The molecular weight excluding hydrogens is 362 g/mol. The van der Waals surface area contributed by atoms with Crippen LogP contribution in [0.25, 0.3) is 0 Å². The summed E-state index contributed by atoms with van der Waals surface area (Å²) >= 11 is 0. The lowest BCUT2D eigenvalue weighted by Crippen LogP contribution is -2.51. The molecule has 3 aliphatic rings. The number of anilines is 2. The van der Waals surface area contributed by atoms with Crippen molar-refractivity contribution in [1.82, 2.24) is 20.2 Å². The Labute approximate surface area is 174 Å². The van der Waals surface area contributed by atoms with E-state index in [1.807, 2.05) is 0 Å². The van der Waals surface area contributed by atoms with Crippen molar-refractivity contribution < 1.29 is 0 Å². The molecule has 158 valence electrons. The Balaban J connectivity index is 1.46. The largest absolute Gasteiger partial charge is 0.354 e. The van der Waals surface area contributed by atoms with Gasteiger partial charge in [-0.05, 0) is 52.1 Å². The van der Waals surface area contributed by atoms with Gasteiger partial charge >= 0.3 is 0 Å². The van der Waals surface area contributed by atoms with Crippen LogP contribution in [0.2, 0.25) is 0 Å². The Bertz CT molecular complexity index is 746. The molecule has 1 aliphatic carbocycles. The zero-order valence-corrected chi connectivity index (χ0v) is 18.0. The van der Waals surface area contributed by atoms with Gasteiger partial charge in [-0.15, -0.1) is 0 Å². The first-order valence-corrected chi connectivity index (χ1v) is 11.3. The molecule has 0 spiro atoms. The molecule has 2 aliphatic heterocycles. The number of aryl methyl sites for hydroxylation is 1. The molecule has 3 heterocycles. The molecule has 0 unspecified atom stereocenters. The van der Waals surface area contributed by atoms with E-state index < -0.39 is 0 Å². The van der Waals surface area contributed by atoms with Gasteiger partial charge in [0, 0.05) is 55.4 Å². The molecule has 2 saturated heterocycles. The van der Waals surface area contributed by atoms with E-state index in [-0.39, 0.29) is 6.04 Å². The van der Waals surface area contributed by atoms with Gasteiger partial charge in [0.05, 0.1) is 12.5 Å². The molecule has 4 rings (SSSR count). The summed E-state index contributed by atoms with van der Waals surface area (Å²) in [6, 6.07) is 2.50. The van der Waals surface area contributed by atoms with Crippen molar-refractivity contribution in [1.29, 1.82) is 5.26 Å². The number of piperazine rings is 1. The maximum absolute atomic E-state index is 9.07. The molecule has 0 aromatic carbocycles. The van der Waals surface area contributed by atoms with Crippen molar-refractivity contribution in [2.45, 2.75) is 58.4 Å². The van der Waals surface area contributed by atoms with E-state index in [1.165, 1.54) is 50.9 Å². The normalized spacial score (nSPS) is 23.8. The Morgan fingerprint density at radius 3 is 2.72 bits per heavy atom. The Hall–Kier alpha value is -1.91. The van der Waals surface area contributed by atoms with Crippen molar-refractivity contribution in [2.75, 3.05) is 56.0 Å². The average molecular weight is 398 g/mol. The summed E-state index contributed by atoms with van der Waals surface area (Å²) in [5, 5.41) is 16.1. The summed E-state index contributed by atoms with van der Waals surface area (Å²) in [6.45, 7) is 11.6. The van der Waals surface area contributed by atoms with E-state index in [9.17, 15) is 0 Å². The second kappa shape index (κ2) is 8.85. The molecule has 29 heavy (non-hydrogen) atoms. The highest BCUT2D eigenvalue weighted by Crippen LogP contribution is 2.46. The van der Waals surface area contributed by atoms with Crippen LogP contribution >= 0.6 is 0 Å². The predicted octanol–water partition coefficient (Wildman–Crippen LogP) is 2.33. The maximum atomic E-state index is 9.07. The molecule has 0 radical (unpaired) electrons. The molecule has 1 aromatic rings. The minimum Gasteiger partial charge on any atom is -0.354 e. The van der Waals surface area contributed by atoms with E-state index in [0.717, 1.165) is 50.1 Å². The monoisotopic (exact) mass is 397 g/mol. The smallest absolute Gasteiger partial charge is 0.224 e. The highest BCUT2D eigenvalue weighted by molar-refractivity contribution is 5.53. The highest BCUT2D eigenvalue weighted by Gasteiger charge is 2.44. The number of nitrogens with one attached hydrogen (secondary N) is 2. The van der Waals surface area contributed by atoms with Crippen LogP contribution in [0.5, 0.6) is 0 Å². The Morgan fingerprint density at radius 2 is 2.03 bits per heavy atom. The van der Waals surface area contributed by atoms with Gasteiger partial charge in [-0.1, -0.05) is 6.92 Å². The molecule has 2 N–H and O–H groups in total. The zero-order valence-electron chi connectivity index (χ0n) is 18.0. The van der Waals surface area contributed by atoms with Gasteiger partial charge in [-0.3, -0.25) is 0 Å². The van der Waals surface area contributed by atoms with E-state index >= 15 is 0 Å². The minimum absolute atomic E-state index is 0.209. The molecule has 1 atom stereocenters. The number of likely N-dealkylation sites (tertiary alicyclic amines) is 1. The van der Waals surface area contributed by atoms with E-state index in [0.29, 0.717) is 11.8 Å². The van der Waals surface area contributed by atoms with Crippen LogP contribution in [-0.2, 0) is 6.42 Å². The molecule has 3 fully saturated rings. The molecule has 1 aromatic heterocycles. The zero-order chi connectivity index (χ0) is 20.3. The van der Waals surface area contributed by atoms with Gasteiger partial charge in [-0.2, -0.15) is 10.2 Å². The summed E-state index contributed by atoms with van der Waals surface area (Å²) in [4.78, 5) is 14.7. The van der Waals surface area contributed by atoms with Gasteiger partial charge in [0.25, 0.3) is 0 Å². The van der Waals surface area contributed by atoms with Crippen molar-refractivity contribution in [2.24, 2.45) is 5.41 Å². The lowest BCUT2D eigenvalue weighted by Gasteiger charge is -2.35. The molecule has 7 heteroatoms. The van der Waals surface area contributed by atoms with Crippen LogP contribution in [-0.4, -0.2) is 66.7 Å².